The monoisotopic (exact) mass is 283 g/mol. The average molecular weight is 283 g/mol. The number of carbonyl (C=O) groups excluding carboxylic acids is 1. The maximum Gasteiger partial charge on any atom is 0.408 e. The summed E-state index contributed by atoms with van der Waals surface area (Å²) < 4.78 is 18.1. The molecule has 0 saturated heterocycles. The number of carbonyl (C=O) groups is 2. The summed E-state index contributed by atoms with van der Waals surface area (Å²) in [6.07, 6.45) is -0.839. The molecule has 1 atom stereocenters. The first-order valence-corrected chi connectivity index (χ1v) is 6.08. The van der Waals surface area contributed by atoms with Crippen molar-refractivity contribution < 1.29 is 23.8 Å². The Morgan fingerprint density at radius 1 is 1.35 bits per heavy atom. The number of benzene rings is 1. The minimum Gasteiger partial charge on any atom is -0.479 e. The molecule has 0 aliphatic heterocycles. The van der Waals surface area contributed by atoms with Gasteiger partial charge in [0.15, 0.2) is 6.04 Å². The first kappa shape index (κ1) is 15.9. The van der Waals surface area contributed by atoms with Crippen LogP contribution in [0.5, 0.6) is 0 Å². The third kappa shape index (κ3) is 4.53. The quantitative estimate of drug-likeness (QED) is 0.894. The molecule has 1 rings (SSSR count). The van der Waals surface area contributed by atoms with Crippen molar-refractivity contribution in [2.45, 2.75) is 39.3 Å². The predicted molar refractivity (Wildman–Crippen MR) is 70.9 cm³/mol. The zero-order valence-corrected chi connectivity index (χ0v) is 11.9. The van der Waals surface area contributed by atoms with E-state index in [9.17, 15) is 19.1 Å². The molecule has 0 spiro atoms. The van der Waals surface area contributed by atoms with Crippen LogP contribution in [0.25, 0.3) is 0 Å². The van der Waals surface area contributed by atoms with Crippen LogP contribution in [0, 0.1) is 12.7 Å². The average Bonchev–Trinajstić information content (AvgIpc) is 2.23. The molecule has 0 saturated carbocycles. The maximum absolute atomic E-state index is 13.0. The zero-order chi connectivity index (χ0) is 15.5. The fourth-order valence-corrected chi connectivity index (χ4v) is 1.66. The third-order valence-corrected chi connectivity index (χ3v) is 2.45. The SMILES string of the molecule is Cc1cc(F)ccc1[C@@H](NC(=O)OC(C)(C)C)C(=O)O. The van der Waals surface area contributed by atoms with Gasteiger partial charge in [-0.3, -0.25) is 0 Å². The van der Waals surface area contributed by atoms with E-state index in [1.54, 1.807) is 27.7 Å². The highest BCUT2D eigenvalue weighted by atomic mass is 19.1. The molecule has 1 aromatic carbocycles. The molecule has 5 nitrogen and oxygen atoms in total. The Labute approximate surface area is 116 Å². The number of aryl methyl sites for hydroxylation is 1. The molecule has 6 heteroatoms. The number of carboxylic acid groups (broad SMARTS) is 1. The Morgan fingerprint density at radius 3 is 2.40 bits per heavy atom. The molecule has 0 unspecified atom stereocenters. The minimum absolute atomic E-state index is 0.310. The molecule has 1 amide bonds. The topological polar surface area (TPSA) is 75.6 Å². The van der Waals surface area contributed by atoms with Crippen LogP contribution in [-0.4, -0.2) is 22.8 Å². The van der Waals surface area contributed by atoms with Crippen molar-refractivity contribution >= 4 is 12.1 Å². The van der Waals surface area contributed by atoms with Crippen molar-refractivity contribution in [2.75, 3.05) is 0 Å². The molecule has 0 bridgehead atoms. The molecule has 0 heterocycles. The Bertz CT molecular complexity index is 522. The van der Waals surface area contributed by atoms with Crippen LogP contribution >= 0.6 is 0 Å². The summed E-state index contributed by atoms with van der Waals surface area (Å²) in [6.45, 7) is 6.59. The van der Waals surface area contributed by atoms with Crippen LogP contribution in [0.15, 0.2) is 18.2 Å². The molecule has 0 aliphatic rings. The molecule has 110 valence electrons. The Morgan fingerprint density at radius 2 is 1.95 bits per heavy atom. The van der Waals surface area contributed by atoms with Gasteiger partial charge in [0.25, 0.3) is 0 Å². The molecule has 0 fully saturated rings. The Balaban J connectivity index is 2.96. The van der Waals surface area contributed by atoms with Gasteiger partial charge in [0.05, 0.1) is 0 Å². The van der Waals surface area contributed by atoms with Crippen LogP contribution in [0.3, 0.4) is 0 Å². The minimum atomic E-state index is -1.29. The second-order valence-corrected chi connectivity index (χ2v) is 5.42. The van der Waals surface area contributed by atoms with Crippen molar-refractivity contribution in [3.8, 4) is 0 Å². The second-order valence-electron chi connectivity index (χ2n) is 5.42. The number of amides is 1. The van der Waals surface area contributed by atoms with Crippen LogP contribution in [0.2, 0.25) is 0 Å². The number of hydrogen-bond donors (Lipinski definition) is 2. The van der Waals surface area contributed by atoms with E-state index in [4.69, 9.17) is 4.74 Å². The molecule has 20 heavy (non-hydrogen) atoms. The van der Waals surface area contributed by atoms with Gasteiger partial charge in [0, 0.05) is 0 Å². The van der Waals surface area contributed by atoms with E-state index in [1.807, 2.05) is 0 Å². The van der Waals surface area contributed by atoms with Gasteiger partial charge in [-0.1, -0.05) is 6.07 Å². The van der Waals surface area contributed by atoms with E-state index in [2.05, 4.69) is 5.32 Å². The predicted octanol–water partition coefficient (Wildman–Crippen LogP) is 2.78. The second kappa shape index (κ2) is 5.90. The third-order valence-electron chi connectivity index (χ3n) is 2.45. The lowest BCUT2D eigenvalue weighted by Crippen LogP contribution is -2.38. The van der Waals surface area contributed by atoms with Crippen molar-refractivity contribution in [3.05, 3.63) is 35.1 Å². The van der Waals surface area contributed by atoms with E-state index in [0.29, 0.717) is 11.1 Å². The highest BCUT2D eigenvalue weighted by molar-refractivity contribution is 5.81. The normalized spacial score (nSPS) is 12.7. The standard InChI is InChI=1S/C14H18FNO4/c1-8-7-9(15)5-6-10(8)11(12(17)18)16-13(19)20-14(2,3)4/h5-7,11H,1-4H3,(H,16,19)(H,17,18)/t11-/m1/s1. The van der Waals surface area contributed by atoms with E-state index >= 15 is 0 Å². The number of rotatable bonds is 3. The lowest BCUT2D eigenvalue weighted by Gasteiger charge is -2.22. The number of hydrogen-bond acceptors (Lipinski definition) is 3. The highest BCUT2D eigenvalue weighted by Gasteiger charge is 2.26. The van der Waals surface area contributed by atoms with Gasteiger partial charge in [0.2, 0.25) is 0 Å². The van der Waals surface area contributed by atoms with Crippen molar-refractivity contribution in [1.82, 2.24) is 5.32 Å². The highest BCUT2D eigenvalue weighted by Crippen LogP contribution is 2.20. The summed E-state index contributed by atoms with van der Waals surface area (Å²) >= 11 is 0. The van der Waals surface area contributed by atoms with E-state index in [-0.39, 0.29) is 0 Å². The van der Waals surface area contributed by atoms with Crippen LogP contribution in [0.4, 0.5) is 9.18 Å². The summed E-state index contributed by atoms with van der Waals surface area (Å²) in [6, 6.07) is 2.41. The number of aliphatic carboxylic acids is 1. The molecule has 1 aromatic rings. The van der Waals surface area contributed by atoms with Crippen molar-refractivity contribution in [1.29, 1.82) is 0 Å². The van der Waals surface area contributed by atoms with Gasteiger partial charge in [-0.25, -0.2) is 14.0 Å². The number of carboxylic acids is 1. The van der Waals surface area contributed by atoms with Gasteiger partial charge in [-0.05, 0) is 51.0 Å². The number of nitrogens with one attached hydrogen (secondary N) is 1. The summed E-state index contributed by atoms with van der Waals surface area (Å²) in [4.78, 5) is 22.9. The van der Waals surface area contributed by atoms with E-state index < -0.39 is 29.5 Å². The molecule has 2 N–H and O–H groups in total. The maximum atomic E-state index is 13.0. The molecule has 0 aliphatic carbocycles. The fourth-order valence-electron chi connectivity index (χ4n) is 1.66. The van der Waals surface area contributed by atoms with Gasteiger partial charge in [0.1, 0.15) is 11.4 Å². The van der Waals surface area contributed by atoms with Crippen molar-refractivity contribution in [2.24, 2.45) is 0 Å². The van der Waals surface area contributed by atoms with Gasteiger partial charge in [-0.15, -0.1) is 0 Å². The number of alkyl carbamates (subject to hydrolysis) is 1. The van der Waals surface area contributed by atoms with Crippen LogP contribution in [0.1, 0.15) is 37.9 Å². The summed E-state index contributed by atoms with van der Waals surface area (Å²) in [5, 5.41) is 11.5. The molecule has 0 aromatic heterocycles. The van der Waals surface area contributed by atoms with Gasteiger partial charge < -0.3 is 15.2 Å². The van der Waals surface area contributed by atoms with Gasteiger partial charge >= 0.3 is 12.1 Å². The smallest absolute Gasteiger partial charge is 0.408 e. The molecular formula is C14H18FNO4. The molecule has 0 radical (unpaired) electrons. The van der Waals surface area contributed by atoms with Crippen molar-refractivity contribution in [3.63, 3.8) is 0 Å². The van der Waals surface area contributed by atoms with E-state index in [1.165, 1.54) is 12.1 Å². The van der Waals surface area contributed by atoms with Crippen LogP contribution < -0.4 is 5.32 Å². The lowest BCUT2D eigenvalue weighted by molar-refractivity contribution is -0.139. The number of ether oxygens (including phenoxy) is 1. The van der Waals surface area contributed by atoms with E-state index in [0.717, 1.165) is 6.07 Å². The zero-order valence-electron chi connectivity index (χ0n) is 11.9. The first-order chi connectivity index (χ1) is 9.10. The van der Waals surface area contributed by atoms with Crippen LogP contribution in [-0.2, 0) is 9.53 Å². The Kier molecular flexibility index (Phi) is 4.70. The lowest BCUT2D eigenvalue weighted by atomic mass is 10.0. The largest absolute Gasteiger partial charge is 0.479 e. The summed E-state index contributed by atoms with van der Waals surface area (Å²) in [5.41, 5.74) is 0.0172. The summed E-state index contributed by atoms with van der Waals surface area (Å²) in [7, 11) is 0. The first-order valence-electron chi connectivity index (χ1n) is 6.08. The van der Waals surface area contributed by atoms with Gasteiger partial charge in [-0.2, -0.15) is 0 Å². The summed E-state index contributed by atoms with van der Waals surface area (Å²) in [5.74, 6) is -1.71. The fraction of sp³-hybridized carbons (Fsp3) is 0.429. The molecular weight excluding hydrogens is 265 g/mol. The number of halogens is 1. The Hall–Kier alpha value is -2.11.